The van der Waals surface area contributed by atoms with Crippen LogP contribution in [0, 0.1) is 11.3 Å². The van der Waals surface area contributed by atoms with E-state index in [-0.39, 0.29) is 5.88 Å². The average Bonchev–Trinajstić information content (AvgIpc) is 2.48. The van der Waals surface area contributed by atoms with E-state index in [1.807, 2.05) is 0 Å². The monoisotopic (exact) mass is 356 g/mol. The smallest absolute Gasteiger partial charge is 0.242 e. The van der Waals surface area contributed by atoms with Crippen molar-refractivity contribution in [3.63, 3.8) is 0 Å². The molecule has 0 aliphatic carbocycles. The fourth-order valence-corrected chi connectivity index (χ4v) is 2.35. The van der Waals surface area contributed by atoms with Crippen molar-refractivity contribution in [2.45, 2.75) is 0 Å². The molecule has 7 heteroatoms. The Kier molecular flexibility index (Phi) is 5.46. The molecule has 21 heavy (non-hydrogen) atoms. The van der Waals surface area contributed by atoms with E-state index in [2.05, 4.69) is 21.0 Å². The van der Waals surface area contributed by atoms with E-state index in [0.29, 0.717) is 41.2 Å². The van der Waals surface area contributed by atoms with Crippen molar-refractivity contribution >= 4 is 21.5 Å². The number of hydrogen-bond donors (Lipinski definition) is 1. The summed E-state index contributed by atoms with van der Waals surface area (Å²) in [5.74, 6) is 0.0170. The number of ether oxygens (including phenoxy) is 3. The van der Waals surface area contributed by atoms with Gasteiger partial charge in [0.15, 0.2) is 0 Å². The molecular weight excluding hydrogens is 343 g/mol. The minimum Gasteiger partial charge on any atom is -0.491 e. The van der Waals surface area contributed by atoms with Crippen molar-refractivity contribution in [2.75, 3.05) is 26.9 Å². The highest BCUT2D eigenvalue weighted by atomic mass is 79.9. The second-order valence-electron chi connectivity index (χ2n) is 4.14. The molecule has 0 spiro atoms. The number of hydrogen-bond acceptors (Lipinski definition) is 5. The van der Waals surface area contributed by atoms with Crippen LogP contribution in [-0.2, 0) is 9.47 Å². The molecule has 1 aromatic rings. The number of allylic oxidation sites excluding steroid dienone is 2. The predicted octanol–water partition coefficient (Wildman–Crippen LogP) is 3.86. The Morgan fingerprint density at radius 3 is 2.90 bits per heavy atom. The summed E-state index contributed by atoms with van der Waals surface area (Å²) in [5.41, 5.74) is 7.83. The number of nitrogens with zero attached hydrogens (tertiary/aromatic N) is 1. The zero-order valence-electron chi connectivity index (χ0n) is 11.4. The zero-order valence-corrected chi connectivity index (χ0v) is 12.9. The van der Waals surface area contributed by atoms with Gasteiger partial charge in [0.05, 0.1) is 12.2 Å². The molecule has 0 saturated carbocycles. The van der Waals surface area contributed by atoms with Gasteiger partial charge >= 0.3 is 0 Å². The molecule has 112 valence electrons. The third-order valence-electron chi connectivity index (χ3n) is 2.80. The van der Waals surface area contributed by atoms with Gasteiger partial charge in [0.1, 0.15) is 24.8 Å². The second-order valence-corrected chi connectivity index (χ2v) is 4.99. The van der Waals surface area contributed by atoms with E-state index >= 15 is 0 Å². The van der Waals surface area contributed by atoms with Crippen molar-refractivity contribution in [3.05, 3.63) is 46.0 Å². The number of benzene rings is 1. The van der Waals surface area contributed by atoms with E-state index in [1.165, 1.54) is 6.07 Å². The normalized spacial score (nSPS) is 14.5. The summed E-state index contributed by atoms with van der Waals surface area (Å²) in [5, 5.41) is 3.30. The van der Waals surface area contributed by atoms with E-state index in [4.69, 9.17) is 19.7 Å². The predicted molar refractivity (Wildman–Crippen MR) is 78.8 cm³/mol. The number of methoxy groups -OCH3 is 1. The maximum absolute atomic E-state index is 14.3. The van der Waals surface area contributed by atoms with Gasteiger partial charge in [0, 0.05) is 23.2 Å². The molecule has 2 rings (SSSR count). The molecule has 0 fully saturated rings. The highest BCUT2D eigenvalue weighted by molar-refractivity contribution is 9.12. The lowest BCUT2D eigenvalue weighted by atomic mass is 10.0. The van der Waals surface area contributed by atoms with Crippen LogP contribution in [0.15, 0.2) is 39.8 Å². The topological polar surface area (TPSA) is 63.9 Å². The molecule has 1 N–H and O–H groups in total. The maximum Gasteiger partial charge on any atom is 0.242 e. The number of rotatable bonds is 6. The highest BCUT2D eigenvalue weighted by Crippen LogP contribution is 2.36. The maximum atomic E-state index is 14.3. The first-order valence-corrected chi connectivity index (χ1v) is 6.99. The molecule has 0 unspecified atom stereocenters. The third-order valence-corrected chi connectivity index (χ3v) is 3.52. The van der Waals surface area contributed by atoms with Crippen LogP contribution in [0.2, 0.25) is 0 Å². The van der Waals surface area contributed by atoms with Gasteiger partial charge in [-0.15, -0.1) is 5.11 Å². The Morgan fingerprint density at radius 1 is 1.43 bits per heavy atom. The fraction of sp³-hybridized carbons (Fsp3) is 0.286. The number of halogens is 2. The summed E-state index contributed by atoms with van der Waals surface area (Å²) in [6, 6.07) is 4.51. The van der Waals surface area contributed by atoms with Gasteiger partial charge in [0.25, 0.3) is 0 Å². The fourth-order valence-electron chi connectivity index (χ4n) is 1.83. The van der Waals surface area contributed by atoms with Crippen LogP contribution in [0.1, 0.15) is 5.56 Å². The summed E-state index contributed by atoms with van der Waals surface area (Å²) in [7, 11) is 1.57. The van der Waals surface area contributed by atoms with Gasteiger partial charge in [-0.05, 0) is 18.2 Å². The average molecular weight is 357 g/mol. The SMILES string of the molecule is COCCOc1ccc(C2=C(N=N)OCC=C2Br)c(F)c1. The molecule has 0 saturated heterocycles. The van der Waals surface area contributed by atoms with Crippen molar-refractivity contribution in [3.8, 4) is 5.75 Å². The Bertz CT molecular complexity index is 602. The lowest BCUT2D eigenvalue weighted by molar-refractivity contribution is 0.146. The van der Waals surface area contributed by atoms with E-state index in [9.17, 15) is 4.39 Å². The molecule has 0 bridgehead atoms. The van der Waals surface area contributed by atoms with Crippen LogP contribution in [0.3, 0.4) is 0 Å². The minimum absolute atomic E-state index is 0.0799. The van der Waals surface area contributed by atoms with Gasteiger partial charge in [-0.25, -0.2) is 9.92 Å². The van der Waals surface area contributed by atoms with Crippen LogP contribution in [0.5, 0.6) is 5.75 Å². The first-order chi connectivity index (χ1) is 10.2. The summed E-state index contributed by atoms with van der Waals surface area (Å²) in [6.07, 6.45) is 1.74. The quantitative estimate of drug-likeness (QED) is 0.621. The van der Waals surface area contributed by atoms with Crippen LogP contribution in [0.4, 0.5) is 4.39 Å². The summed E-state index contributed by atoms with van der Waals surface area (Å²) in [6.45, 7) is 1.07. The van der Waals surface area contributed by atoms with Crippen LogP contribution < -0.4 is 4.74 Å². The van der Waals surface area contributed by atoms with Crippen molar-refractivity contribution in [1.29, 1.82) is 5.53 Å². The third kappa shape index (κ3) is 3.68. The molecule has 0 amide bonds. The molecule has 1 aromatic carbocycles. The molecule has 5 nitrogen and oxygen atoms in total. The molecule has 1 aliphatic heterocycles. The first kappa shape index (κ1) is 15.7. The van der Waals surface area contributed by atoms with Gasteiger partial charge in [-0.3, -0.25) is 0 Å². The van der Waals surface area contributed by atoms with E-state index < -0.39 is 5.82 Å². The van der Waals surface area contributed by atoms with Crippen LogP contribution in [-0.4, -0.2) is 26.9 Å². The van der Waals surface area contributed by atoms with Gasteiger partial charge in [-0.2, -0.15) is 0 Å². The summed E-state index contributed by atoms with van der Waals surface area (Å²) in [4.78, 5) is 0. The molecule has 0 atom stereocenters. The van der Waals surface area contributed by atoms with Crippen LogP contribution in [0.25, 0.3) is 5.57 Å². The molecule has 1 heterocycles. The number of nitrogens with one attached hydrogen (secondary N) is 1. The Balaban J connectivity index is 2.30. The summed E-state index contributed by atoms with van der Waals surface area (Å²) >= 11 is 3.34. The Morgan fingerprint density at radius 2 is 2.24 bits per heavy atom. The molecule has 1 aliphatic rings. The molecular formula is C14H14BrFN2O3. The first-order valence-electron chi connectivity index (χ1n) is 6.19. The van der Waals surface area contributed by atoms with Gasteiger partial charge < -0.3 is 14.2 Å². The minimum atomic E-state index is -0.475. The lowest BCUT2D eigenvalue weighted by Gasteiger charge is -2.17. The largest absolute Gasteiger partial charge is 0.491 e. The summed E-state index contributed by atoms with van der Waals surface area (Å²) < 4.78 is 30.4. The Labute approximate surface area is 130 Å². The van der Waals surface area contributed by atoms with Crippen LogP contribution >= 0.6 is 15.9 Å². The second kappa shape index (κ2) is 7.33. The zero-order chi connectivity index (χ0) is 15.2. The van der Waals surface area contributed by atoms with Gasteiger partial charge in [0.2, 0.25) is 5.88 Å². The van der Waals surface area contributed by atoms with E-state index in [1.54, 1.807) is 25.3 Å². The standard InChI is InChI=1S/C14H14BrFN2O3/c1-19-6-7-20-9-2-3-10(12(16)8-9)13-11(15)4-5-21-14(13)18-17/h2-4,8,17H,5-7H2,1H3. The molecule has 0 radical (unpaired) electrons. The lowest BCUT2D eigenvalue weighted by Crippen LogP contribution is -2.06. The van der Waals surface area contributed by atoms with Crippen molar-refractivity contribution < 1.29 is 18.6 Å². The molecule has 0 aromatic heterocycles. The highest BCUT2D eigenvalue weighted by Gasteiger charge is 2.21. The van der Waals surface area contributed by atoms with Crippen molar-refractivity contribution in [2.24, 2.45) is 5.11 Å². The van der Waals surface area contributed by atoms with Crippen molar-refractivity contribution in [1.82, 2.24) is 0 Å². The Hall–Kier alpha value is -1.73. The van der Waals surface area contributed by atoms with Gasteiger partial charge in [-0.1, -0.05) is 15.9 Å². The van der Waals surface area contributed by atoms with E-state index in [0.717, 1.165) is 0 Å².